The van der Waals surface area contributed by atoms with Crippen molar-refractivity contribution in [3.63, 3.8) is 0 Å². The van der Waals surface area contributed by atoms with Gasteiger partial charge in [0.15, 0.2) is 0 Å². The van der Waals surface area contributed by atoms with E-state index in [1.54, 1.807) is 7.11 Å². The van der Waals surface area contributed by atoms with Gasteiger partial charge in [-0.25, -0.2) is 0 Å². The van der Waals surface area contributed by atoms with Gasteiger partial charge >= 0.3 is 0 Å². The standard InChI is InChI=1S/C15H16O2/c1-11-6-3-4-9-14(11)15(16)12-7-5-8-13(10-12)17-2/h3-10,15-16H,1-2H3. The Balaban J connectivity index is 2.37. The Morgan fingerprint density at radius 1 is 1.06 bits per heavy atom. The summed E-state index contributed by atoms with van der Waals surface area (Å²) in [6.45, 7) is 2.00. The van der Waals surface area contributed by atoms with Gasteiger partial charge in [-0.2, -0.15) is 0 Å². The number of aliphatic hydroxyl groups is 1. The summed E-state index contributed by atoms with van der Waals surface area (Å²) in [7, 11) is 1.62. The minimum Gasteiger partial charge on any atom is -0.497 e. The Labute approximate surface area is 101 Å². The molecule has 88 valence electrons. The molecule has 0 radical (unpaired) electrons. The van der Waals surface area contributed by atoms with E-state index in [9.17, 15) is 5.11 Å². The molecular weight excluding hydrogens is 212 g/mol. The molecular formula is C15H16O2. The van der Waals surface area contributed by atoms with Crippen LogP contribution in [0.15, 0.2) is 48.5 Å². The average Bonchev–Trinajstić information content (AvgIpc) is 2.38. The highest BCUT2D eigenvalue weighted by molar-refractivity contribution is 5.38. The van der Waals surface area contributed by atoms with Gasteiger partial charge in [-0.15, -0.1) is 0 Å². The van der Waals surface area contributed by atoms with E-state index in [1.807, 2.05) is 55.5 Å². The summed E-state index contributed by atoms with van der Waals surface area (Å²) in [5, 5.41) is 10.3. The molecule has 2 aromatic rings. The quantitative estimate of drug-likeness (QED) is 0.874. The van der Waals surface area contributed by atoms with Crippen LogP contribution >= 0.6 is 0 Å². The molecule has 0 heterocycles. The summed E-state index contributed by atoms with van der Waals surface area (Å²) in [6.07, 6.45) is -0.605. The molecule has 1 atom stereocenters. The molecule has 0 fully saturated rings. The number of rotatable bonds is 3. The van der Waals surface area contributed by atoms with Gasteiger partial charge < -0.3 is 9.84 Å². The first-order valence-corrected chi connectivity index (χ1v) is 5.60. The maximum absolute atomic E-state index is 10.3. The zero-order valence-electron chi connectivity index (χ0n) is 10.1. The lowest BCUT2D eigenvalue weighted by Crippen LogP contribution is -2.02. The summed E-state index contributed by atoms with van der Waals surface area (Å²) >= 11 is 0. The minimum absolute atomic E-state index is 0.605. The van der Waals surface area contributed by atoms with Gasteiger partial charge in [0.2, 0.25) is 0 Å². The Morgan fingerprint density at radius 2 is 1.82 bits per heavy atom. The number of methoxy groups -OCH3 is 1. The van der Waals surface area contributed by atoms with Crippen LogP contribution in [-0.2, 0) is 0 Å². The van der Waals surface area contributed by atoms with Crippen molar-refractivity contribution in [1.29, 1.82) is 0 Å². The summed E-state index contributed by atoms with van der Waals surface area (Å²) in [5.74, 6) is 0.759. The Kier molecular flexibility index (Phi) is 3.45. The van der Waals surface area contributed by atoms with Crippen LogP contribution in [-0.4, -0.2) is 12.2 Å². The largest absolute Gasteiger partial charge is 0.497 e. The second-order valence-electron chi connectivity index (χ2n) is 4.04. The SMILES string of the molecule is COc1cccc(C(O)c2ccccc2C)c1. The third kappa shape index (κ3) is 2.48. The van der Waals surface area contributed by atoms with Crippen LogP contribution in [0.4, 0.5) is 0 Å². The van der Waals surface area contributed by atoms with Gasteiger partial charge in [0.1, 0.15) is 11.9 Å². The number of hydrogen-bond donors (Lipinski definition) is 1. The molecule has 17 heavy (non-hydrogen) atoms. The molecule has 0 aromatic heterocycles. The van der Waals surface area contributed by atoms with Crippen molar-refractivity contribution < 1.29 is 9.84 Å². The molecule has 0 spiro atoms. The second-order valence-corrected chi connectivity index (χ2v) is 4.04. The molecule has 2 rings (SSSR count). The monoisotopic (exact) mass is 228 g/mol. The molecule has 2 heteroatoms. The maximum Gasteiger partial charge on any atom is 0.119 e. The number of aryl methyl sites for hydroxylation is 1. The lowest BCUT2D eigenvalue weighted by molar-refractivity contribution is 0.219. The van der Waals surface area contributed by atoms with E-state index in [-0.39, 0.29) is 0 Å². The van der Waals surface area contributed by atoms with E-state index in [2.05, 4.69) is 0 Å². The Morgan fingerprint density at radius 3 is 2.53 bits per heavy atom. The third-order valence-corrected chi connectivity index (χ3v) is 2.89. The Hall–Kier alpha value is -1.80. The maximum atomic E-state index is 10.3. The molecule has 2 aromatic carbocycles. The van der Waals surface area contributed by atoms with Gasteiger partial charge in [0.05, 0.1) is 7.11 Å². The zero-order chi connectivity index (χ0) is 12.3. The van der Waals surface area contributed by atoms with Crippen molar-refractivity contribution in [3.8, 4) is 5.75 Å². The summed E-state index contributed by atoms with van der Waals surface area (Å²) in [6, 6.07) is 15.4. The first-order valence-electron chi connectivity index (χ1n) is 5.60. The highest BCUT2D eigenvalue weighted by Gasteiger charge is 2.12. The van der Waals surface area contributed by atoms with Gasteiger partial charge in [0.25, 0.3) is 0 Å². The van der Waals surface area contributed by atoms with Crippen LogP contribution in [0.1, 0.15) is 22.8 Å². The summed E-state index contributed by atoms with van der Waals surface area (Å²) < 4.78 is 5.16. The molecule has 0 amide bonds. The van der Waals surface area contributed by atoms with Crippen LogP contribution in [0, 0.1) is 6.92 Å². The van der Waals surface area contributed by atoms with E-state index < -0.39 is 6.10 Å². The number of hydrogen-bond acceptors (Lipinski definition) is 2. The number of ether oxygens (including phenoxy) is 1. The second kappa shape index (κ2) is 5.02. The van der Waals surface area contributed by atoms with E-state index in [0.717, 1.165) is 22.4 Å². The summed E-state index contributed by atoms with van der Waals surface area (Å²) in [5.41, 5.74) is 2.86. The zero-order valence-corrected chi connectivity index (χ0v) is 10.1. The minimum atomic E-state index is -0.605. The molecule has 2 nitrogen and oxygen atoms in total. The van der Waals surface area contributed by atoms with E-state index in [0.29, 0.717) is 0 Å². The average molecular weight is 228 g/mol. The van der Waals surface area contributed by atoms with Gasteiger partial charge in [-0.3, -0.25) is 0 Å². The molecule has 1 N–H and O–H groups in total. The lowest BCUT2D eigenvalue weighted by atomic mass is 9.97. The Bertz CT molecular complexity index is 506. The summed E-state index contributed by atoms with van der Waals surface area (Å²) in [4.78, 5) is 0. The number of benzene rings is 2. The van der Waals surface area contributed by atoms with Gasteiger partial charge in [-0.05, 0) is 35.7 Å². The topological polar surface area (TPSA) is 29.5 Å². The normalized spacial score (nSPS) is 12.2. The van der Waals surface area contributed by atoms with Crippen molar-refractivity contribution in [2.75, 3.05) is 7.11 Å². The first kappa shape index (κ1) is 11.7. The predicted octanol–water partition coefficient (Wildman–Crippen LogP) is 3.09. The highest BCUT2D eigenvalue weighted by atomic mass is 16.5. The smallest absolute Gasteiger partial charge is 0.119 e. The fraction of sp³-hybridized carbons (Fsp3) is 0.200. The van der Waals surface area contributed by atoms with Gasteiger partial charge in [0, 0.05) is 0 Å². The highest BCUT2D eigenvalue weighted by Crippen LogP contribution is 2.26. The molecule has 0 bridgehead atoms. The van der Waals surface area contributed by atoms with Crippen LogP contribution in [0.2, 0.25) is 0 Å². The lowest BCUT2D eigenvalue weighted by Gasteiger charge is -2.14. The van der Waals surface area contributed by atoms with Crippen molar-refractivity contribution in [1.82, 2.24) is 0 Å². The first-order chi connectivity index (χ1) is 8.22. The fourth-order valence-electron chi connectivity index (χ4n) is 1.88. The van der Waals surface area contributed by atoms with E-state index in [1.165, 1.54) is 0 Å². The van der Waals surface area contributed by atoms with Crippen LogP contribution in [0.3, 0.4) is 0 Å². The molecule has 0 aliphatic heterocycles. The molecule has 0 aliphatic carbocycles. The van der Waals surface area contributed by atoms with Crippen molar-refractivity contribution in [2.45, 2.75) is 13.0 Å². The van der Waals surface area contributed by atoms with E-state index >= 15 is 0 Å². The molecule has 0 saturated carbocycles. The van der Waals surface area contributed by atoms with Crippen molar-refractivity contribution in [3.05, 3.63) is 65.2 Å². The van der Waals surface area contributed by atoms with E-state index in [4.69, 9.17) is 4.74 Å². The predicted molar refractivity (Wildman–Crippen MR) is 68.2 cm³/mol. The third-order valence-electron chi connectivity index (χ3n) is 2.89. The molecule has 0 saturated heterocycles. The molecule has 1 unspecified atom stereocenters. The van der Waals surface area contributed by atoms with Crippen molar-refractivity contribution in [2.24, 2.45) is 0 Å². The van der Waals surface area contributed by atoms with Crippen LogP contribution < -0.4 is 4.74 Å². The van der Waals surface area contributed by atoms with Crippen molar-refractivity contribution >= 4 is 0 Å². The van der Waals surface area contributed by atoms with Crippen LogP contribution in [0.25, 0.3) is 0 Å². The number of aliphatic hydroxyl groups excluding tert-OH is 1. The fourth-order valence-corrected chi connectivity index (χ4v) is 1.88. The van der Waals surface area contributed by atoms with Gasteiger partial charge in [-0.1, -0.05) is 36.4 Å². The molecule has 0 aliphatic rings. The van der Waals surface area contributed by atoms with Crippen LogP contribution in [0.5, 0.6) is 5.75 Å².